The van der Waals surface area contributed by atoms with Gasteiger partial charge in [-0.3, -0.25) is 0 Å². The number of halogens is 6. The molecule has 0 spiro atoms. The van der Waals surface area contributed by atoms with E-state index in [0.29, 0.717) is 0 Å². The zero-order chi connectivity index (χ0) is 14.2. The first kappa shape index (κ1) is 15.5. The Labute approximate surface area is 99.6 Å². The lowest BCUT2D eigenvalue weighted by molar-refractivity contribution is -0.182. The Bertz CT molecular complexity index is 387. The van der Waals surface area contributed by atoms with Gasteiger partial charge in [-0.05, 0) is 6.42 Å². The molecule has 18 heavy (non-hydrogen) atoms. The molecule has 1 aliphatic carbocycles. The van der Waals surface area contributed by atoms with Crippen LogP contribution in [0.25, 0.3) is 4.72 Å². The van der Waals surface area contributed by atoms with Crippen LogP contribution in [0.15, 0.2) is 0 Å². The van der Waals surface area contributed by atoms with Crippen LogP contribution in [0.1, 0.15) is 25.7 Å². The number of hydrogen-bond donors (Lipinski definition) is 0. The summed E-state index contributed by atoms with van der Waals surface area (Å²) in [7, 11) is -5.71. The normalized spacial score (nSPS) is 27.2. The predicted molar refractivity (Wildman–Crippen MR) is 50.1 cm³/mol. The number of sulfonamides is 1. The zero-order valence-corrected chi connectivity index (χ0v) is 9.74. The van der Waals surface area contributed by atoms with Gasteiger partial charge in [-0.25, -0.2) is 8.42 Å². The highest BCUT2D eigenvalue weighted by Crippen LogP contribution is 2.41. The molecule has 1 fully saturated rings. The Balaban J connectivity index is 2.70. The van der Waals surface area contributed by atoms with Gasteiger partial charge in [0, 0.05) is 0 Å². The zero-order valence-electron chi connectivity index (χ0n) is 8.92. The van der Waals surface area contributed by atoms with Gasteiger partial charge in [-0.1, -0.05) is 19.3 Å². The predicted octanol–water partition coefficient (Wildman–Crippen LogP) is 3.33. The van der Waals surface area contributed by atoms with Crippen LogP contribution in [-0.2, 0) is 10.0 Å². The van der Waals surface area contributed by atoms with E-state index in [4.69, 9.17) is 0 Å². The molecule has 0 heterocycles. The average Bonchev–Trinajstić information content (AvgIpc) is 2.14. The molecule has 2 atom stereocenters. The Morgan fingerprint density at radius 2 is 1.56 bits per heavy atom. The summed E-state index contributed by atoms with van der Waals surface area (Å²) < 4.78 is 97.1. The van der Waals surface area contributed by atoms with Crippen molar-refractivity contribution in [3.8, 4) is 0 Å². The maximum atomic E-state index is 12.4. The molecule has 0 radical (unpaired) electrons. The second-order valence-electron chi connectivity index (χ2n) is 4.09. The molecule has 0 aromatic rings. The fourth-order valence-corrected chi connectivity index (χ4v) is 2.52. The molecule has 0 bridgehead atoms. The lowest BCUT2D eigenvalue weighted by Crippen LogP contribution is -2.33. The molecule has 1 saturated carbocycles. The summed E-state index contributed by atoms with van der Waals surface area (Å²) in [4.78, 5) is 0. The third-order valence-corrected chi connectivity index (χ3v) is 3.85. The Kier molecular flexibility index (Phi) is 4.21. The van der Waals surface area contributed by atoms with E-state index < -0.39 is 40.1 Å². The second kappa shape index (κ2) is 4.87. The highest BCUT2D eigenvalue weighted by Gasteiger charge is 2.43. The number of nitrogens with zero attached hydrogens (tertiary/aromatic N) is 1. The third kappa shape index (κ3) is 3.74. The molecule has 108 valence electrons. The Morgan fingerprint density at radius 1 is 1.00 bits per heavy atom. The van der Waals surface area contributed by atoms with Gasteiger partial charge >= 0.3 is 11.7 Å². The Hall–Kier alpha value is -0.510. The van der Waals surface area contributed by atoms with E-state index in [1.54, 1.807) is 0 Å². The van der Waals surface area contributed by atoms with Crippen molar-refractivity contribution in [2.75, 3.05) is 0 Å². The molecule has 2 unspecified atom stereocenters. The van der Waals surface area contributed by atoms with Gasteiger partial charge in [-0.2, -0.15) is 26.3 Å². The van der Waals surface area contributed by atoms with Crippen LogP contribution in [0, 0.1) is 5.92 Å². The number of rotatable bonds is 2. The smallest absolute Gasteiger partial charge is 0.480 e. The quantitative estimate of drug-likeness (QED) is 0.734. The first-order valence-corrected chi connectivity index (χ1v) is 6.47. The van der Waals surface area contributed by atoms with Gasteiger partial charge in [0.1, 0.15) is 0 Å². The molecule has 10 heteroatoms. The van der Waals surface area contributed by atoms with Gasteiger partial charge < -0.3 is 4.72 Å². The second-order valence-corrected chi connectivity index (χ2v) is 5.71. The first-order chi connectivity index (χ1) is 7.93. The molecule has 0 aromatic heterocycles. The van der Waals surface area contributed by atoms with Gasteiger partial charge in [0.25, 0.3) is 0 Å². The number of hydrogen-bond acceptors (Lipinski definition) is 2. The summed E-state index contributed by atoms with van der Waals surface area (Å²) in [5, 5.41) is 0. The van der Waals surface area contributed by atoms with E-state index in [-0.39, 0.29) is 19.3 Å². The summed E-state index contributed by atoms with van der Waals surface area (Å²) in [5.41, 5.74) is -5.56. The lowest BCUT2D eigenvalue weighted by atomic mass is 9.86. The van der Waals surface area contributed by atoms with Gasteiger partial charge in [0.05, 0.1) is 5.92 Å². The van der Waals surface area contributed by atoms with E-state index in [1.165, 1.54) is 0 Å². The summed E-state index contributed by atoms with van der Waals surface area (Å²) in [6.07, 6.45) is -5.52. The Morgan fingerprint density at radius 3 is 2.00 bits per heavy atom. The van der Waals surface area contributed by atoms with Crippen molar-refractivity contribution in [2.24, 2.45) is 5.92 Å². The van der Waals surface area contributed by atoms with E-state index in [2.05, 4.69) is 4.72 Å². The summed E-state index contributed by atoms with van der Waals surface area (Å²) >= 11 is 0. The average molecular weight is 298 g/mol. The van der Waals surface area contributed by atoms with Gasteiger partial charge in [0.15, 0.2) is 10.0 Å². The standard InChI is InChI=1S/C8H10F6NO2S/c9-7(10,11)5-2-1-3-6(4-5)15-18(16,17)8(12,13)14/h5-6H,1-4H2/q-1. The van der Waals surface area contributed by atoms with Crippen LogP contribution >= 0.6 is 0 Å². The van der Waals surface area contributed by atoms with E-state index in [9.17, 15) is 34.8 Å². The molecule has 1 aliphatic rings. The summed E-state index contributed by atoms with van der Waals surface area (Å²) in [6.45, 7) is 0. The minimum atomic E-state index is -5.71. The largest absolute Gasteiger partial charge is 0.538 e. The SMILES string of the molecule is O=S(=O)([N-]C1CCCC(C(F)(F)F)C1)C(F)(F)F. The van der Waals surface area contributed by atoms with E-state index in [1.807, 2.05) is 0 Å². The van der Waals surface area contributed by atoms with Crippen molar-refractivity contribution in [1.29, 1.82) is 0 Å². The molecule has 3 nitrogen and oxygen atoms in total. The van der Waals surface area contributed by atoms with Gasteiger partial charge in [-0.15, -0.1) is 6.04 Å². The fourth-order valence-electron chi connectivity index (χ4n) is 1.81. The summed E-state index contributed by atoms with van der Waals surface area (Å²) in [5.74, 6) is -1.79. The van der Waals surface area contributed by atoms with Crippen LogP contribution in [0.5, 0.6) is 0 Å². The molecule has 0 aliphatic heterocycles. The fraction of sp³-hybridized carbons (Fsp3) is 1.00. The topological polar surface area (TPSA) is 48.2 Å². The minimum Gasteiger partial charge on any atom is -0.538 e. The lowest BCUT2D eigenvalue weighted by Gasteiger charge is -2.39. The van der Waals surface area contributed by atoms with Crippen LogP contribution in [-0.4, -0.2) is 26.1 Å². The summed E-state index contributed by atoms with van der Waals surface area (Å²) in [6, 6.07) is -1.45. The molecule has 0 saturated heterocycles. The van der Waals surface area contributed by atoms with Crippen LogP contribution in [0.3, 0.4) is 0 Å². The van der Waals surface area contributed by atoms with Crippen molar-refractivity contribution < 1.29 is 34.8 Å². The molecule has 0 amide bonds. The molecule has 0 N–H and O–H groups in total. The highest BCUT2D eigenvalue weighted by molar-refractivity contribution is 7.94. The molecule has 1 rings (SSSR count). The monoisotopic (exact) mass is 298 g/mol. The third-order valence-electron chi connectivity index (χ3n) is 2.69. The minimum absolute atomic E-state index is 0.00568. The van der Waals surface area contributed by atoms with Crippen molar-refractivity contribution in [3.63, 3.8) is 0 Å². The molecular weight excluding hydrogens is 288 g/mol. The van der Waals surface area contributed by atoms with Crippen molar-refractivity contribution in [3.05, 3.63) is 4.72 Å². The van der Waals surface area contributed by atoms with Gasteiger partial charge in [0.2, 0.25) is 0 Å². The molecule has 0 aromatic carbocycles. The number of alkyl halides is 6. The van der Waals surface area contributed by atoms with Crippen molar-refractivity contribution in [2.45, 2.75) is 43.4 Å². The van der Waals surface area contributed by atoms with Crippen molar-refractivity contribution in [1.82, 2.24) is 0 Å². The highest BCUT2D eigenvalue weighted by atomic mass is 32.2. The van der Waals surface area contributed by atoms with Crippen molar-refractivity contribution >= 4 is 10.0 Å². The maximum Gasteiger partial charge on any atom is 0.480 e. The maximum absolute atomic E-state index is 12.4. The molecular formula is C8H10F6NO2S-. The van der Waals surface area contributed by atoms with E-state index >= 15 is 0 Å². The van der Waals surface area contributed by atoms with Crippen LogP contribution < -0.4 is 0 Å². The van der Waals surface area contributed by atoms with Crippen LogP contribution in [0.2, 0.25) is 0 Å². The van der Waals surface area contributed by atoms with Crippen LogP contribution in [0.4, 0.5) is 26.3 Å². The van der Waals surface area contributed by atoms with E-state index in [0.717, 1.165) is 0 Å². The first-order valence-electron chi connectivity index (χ1n) is 5.03.